The fourth-order valence-corrected chi connectivity index (χ4v) is 1.46. The van der Waals surface area contributed by atoms with Gasteiger partial charge in [0.05, 0.1) is 5.69 Å². The van der Waals surface area contributed by atoms with Gasteiger partial charge in [0.2, 0.25) is 0 Å². The van der Waals surface area contributed by atoms with Crippen molar-refractivity contribution in [3.05, 3.63) is 41.7 Å². The van der Waals surface area contributed by atoms with E-state index in [1.165, 1.54) is 5.56 Å². The van der Waals surface area contributed by atoms with Gasteiger partial charge in [-0.25, -0.2) is 9.97 Å². The number of hydrogen-bond donors (Lipinski definition) is 1. The van der Waals surface area contributed by atoms with Crippen LogP contribution in [0.15, 0.2) is 30.3 Å². The Kier molecular flexibility index (Phi) is 2.37. The van der Waals surface area contributed by atoms with E-state index in [1.807, 2.05) is 19.1 Å². The fourth-order valence-electron chi connectivity index (χ4n) is 1.46. The van der Waals surface area contributed by atoms with E-state index >= 15 is 0 Å². The predicted octanol–water partition coefficient (Wildman–Crippen LogP) is 2.34. The maximum Gasteiger partial charge on any atom is 0.128 e. The monoisotopic (exact) mass is 199 g/mol. The molecule has 0 saturated carbocycles. The van der Waals surface area contributed by atoms with Crippen molar-refractivity contribution in [3.8, 4) is 11.3 Å². The largest absolute Gasteiger partial charge is 0.384 e. The standard InChI is InChI=1S/C12H13N3/c1-8-3-5-10(6-4-8)11-7-12(13)15-9(2)14-11/h3-7H,1-2H3,(H2,13,14,15). The average molecular weight is 199 g/mol. The Labute approximate surface area is 89.0 Å². The maximum atomic E-state index is 5.68. The second-order valence-electron chi connectivity index (χ2n) is 3.59. The molecule has 0 spiro atoms. The maximum absolute atomic E-state index is 5.68. The van der Waals surface area contributed by atoms with Gasteiger partial charge in [-0.1, -0.05) is 29.8 Å². The quantitative estimate of drug-likeness (QED) is 0.767. The van der Waals surface area contributed by atoms with Gasteiger partial charge in [0.15, 0.2) is 0 Å². The highest BCUT2D eigenvalue weighted by Gasteiger charge is 2.01. The fraction of sp³-hybridized carbons (Fsp3) is 0.167. The van der Waals surface area contributed by atoms with Gasteiger partial charge in [-0.3, -0.25) is 0 Å². The van der Waals surface area contributed by atoms with E-state index in [0.29, 0.717) is 11.6 Å². The third kappa shape index (κ3) is 2.13. The summed E-state index contributed by atoms with van der Waals surface area (Å²) in [6.07, 6.45) is 0. The molecule has 2 rings (SSSR count). The second-order valence-corrected chi connectivity index (χ2v) is 3.59. The number of benzene rings is 1. The van der Waals surface area contributed by atoms with Gasteiger partial charge < -0.3 is 5.73 Å². The minimum atomic E-state index is 0.512. The molecule has 0 amide bonds. The Morgan fingerprint density at radius 3 is 2.27 bits per heavy atom. The molecule has 1 aromatic heterocycles. The Morgan fingerprint density at radius 1 is 1.00 bits per heavy atom. The second kappa shape index (κ2) is 3.69. The molecule has 0 aliphatic rings. The van der Waals surface area contributed by atoms with Gasteiger partial charge in [-0.15, -0.1) is 0 Å². The molecule has 2 aromatic rings. The number of nitrogens with zero attached hydrogens (tertiary/aromatic N) is 2. The molecule has 15 heavy (non-hydrogen) atoms. The number of nitrogen functional groups attached to an aromatic ring is 1. The van der Waals surface area contributed by atoms with Gasteiger partial charge in [-0.2, -0.15) is 0 Å². The SMILES string of the molecule is Cc1ccc(-c2cc(N)nc(C)n2)cc1. The van der Waals surface area contributed by atoms with Crippen LogP contribution in [0, 0.1) is 13.8 Å². The zero-order chi connectivity index (χ0) is 10.8. The zero-order valence-electron chi connectivity index (χ0n) is 8.86. The van der Waals surface area contributed by atoms with Crippen LogP contribution in [0.2, 0.25) is 0 Å². The summed E-state index contributed by atoms with van der Waals surface area (Å²) in [6, 6.07) is 9.98. The number of aromatic nitrogens is 2. The Balaban J connectivity index is 2.49. The van der Waals surface area contributed by atoms with Crippen LogP contribution in [-0.4, -0.2) is 9.97 Å². The topological polar surface area (TPSA) is 51.8 Å². The highest BCUT2D eigenvalue weighted by atomic mass is 14.9. The summed E-state index contributed by atoms with van der Waals surface area (Å²) in [5.41, 5.74) is 8.85. The Morgan fingerprint density at radius 2 is 1.67 bits per heavy atom. The average Bonchev–Trinajstić information content (AvgIpc) is 2.17. The van der Waals surface area contributed by atoms with Crippen LogP contribution in [-0.2, 0) is 0 Å². The summed E-state index contributed by atoms with van der Waals surface area (Å²) in [5, 5.41) is 0. The molecule has 0 aliphatic heterocycles. The van der Waals surface area contributed by atoms with Crippen molar-refractivity contribution in [2.75, 3.05) is 5.73 Å². The summed E-state index contributed by atoms with van der Waals surface area (Å²) in [4.78, 5) is 8.39. The van der Waals surface area contributed by atoms with Crippen LogP contribution in [0.5, 0.6) is 0 Å². The molecule has 1 heterocycles. The normalized spacial score (nSPS) is 10.3. The summed E-state index contributed by atoms with van der Waals surface area (Å²) < 4.78 is 0. The van der Waals surface area contributed by atoms with Crippen molar-refractivity contribution in [2.45, 2.75) is 13.8 Å². The molecule has 1 aromatic carbocycles. The van der Waals surface area contributed by atoms with Gasteiger partial charge in [-0.05, 0) is 13.8 Å². The van der Waals surface area contributed by atoms with E-state index in [1.54, 1.807) is 6.07 Å². The first-order valence-corrected chi connectivity index (χ1v) is 4.83. The van der Waals surface area contributed by atoms with Crippen LogP contribution < -0.4 is 5.73 Å². The van der Waals surface area contributed by atoms with Crippen LogP contribution in [0.4, 0.5) is 5.82 Å². The number of aryl methyl sites for hydroxylation is 2. The lowest BCUT2D eigenvalue weighted by atomic mass is 10.1. The number of nitrogens with two attached hydrogens (primary N) is 1. The minimum Gasteiger partial charge on any atom is -0.384 e. The highest BCUT2D eigenvalue weighted by molar-refractivity contribution is 5.62. The van der Waals surface area contributed by atoms with Crippen molar-refractivity contribution < 1.29 is 0 Å². The molecule has 0 saturated heterocycles. The smallest absolute Gasteiger partial charge is 0.128 e. The van der Waals surface area contributed by atoms with Crippen molar-refractivity contribution in [2.24, 2.45) is 0 Å². The van der Waals surface area contributed by atoms with E-state index in [-0.39, 0.29) is 0 Å². The molecular weight excluding hydrogens is 186 g/mol. The van der Waals surface area contributed by atoms with Gasteiger partial charge in [0, 0.05) is 11.6 Å². The van der Waals surface area contributed by atoms with E-state index in [0.717, 1.165) is 11.3 Å². The lowest BCUT2D eigenvalue weighted by molar-refractivity contribution is 1.07. The van der Waals surface area contributed by atoms with E-state index in [4.69, 9.17) is 5.73 Å². The van der Waals surface area contributed by atoms with Crippen LogP contribution in [0.1, 0.15) is 11.4 Å². The van der Waals surface area contributed by atoms with Crippen molar-refractivity contribution in [3.63, 3.8) is 0 Å². The lowest BCUT2D eigenvalue weighted by Crippen LogP contribution is -1.97. The van der Waals surface area contributed by atoms with Gasteiger partial charge in [0.1, 0.15) is 11.6 Å². The number of anilines is 1. The van der Waals surface area contributed by atoms with Crippen molar-refractivity contribution in [1.82, 2.24) is 9.97 Å². The van der Waals surface area contributed by atoms with Gasteiger partial charge in [0.25, 0.3) is 0 Å². The lowest BCUT2D eigenvalue weighted by Gasteiger charge is -2.03. The Bertz CT molecular complexity index is 454. The van der Waals surface area contributed by atoms with Gasteiger partial charge >= 0.3 is 0 Å². The molecule has 3 heteroatoms. The molecule has 3 nitrogen and oxygen atoms in total. The number of hydrogen-bond acceptors (Lipinski definition) is 3. The third-order valence-corrected chi connectivity index (χ3v) is 2.21. The molecule has 0 fully saturated rings. The summed E-state index contributed by atoms with van der Waals surface area (Å²) in [6.45, 7) is 3.90. The van der Waals surface area contributed by atoms with Crippen molar-refractivity contribution >= 4 is 5.82 Å². The number of rotatable bonds is 1. The molecule has 0 bridgehead atoms. The van der Waals surface area contributed by atoms with Crippen LogP contribution >= 0.6 is 0 Å². The first-order chi connectivity index (χ1) is 7.15. The molecule has 76 valence electrons. The van der Waals surface area contributed by atoms with E-state index < -0.39 is 0 Å². The summed E-state index contributed by atoms with van der Waals surface area (Å²) in [5.74, 6) is 1.21. The first-order valence-electron chi connectivity index (χ1n) is 4.83. The third-order valence-electron chi connectivity index (χ3n) is 2.21. The summed E-state index contributed by atoms with van der Waals surface area (Å²) >= 11 is 0. The van der Waals surface area contributed by atoms with E-state index in [2.05, 4.69) is 29.0 Å². The molecule has 0 unspecified atom stereocenters. The molecule has 2 N–H and O–H groups in total. The molecule has 0 aliphatic carbocycles. The van der Waals surface area contributed by atoms with Crippen molar-refractivity contribution in [1.29, 1.82) is 0 Å². The molecule has 0 atom stereocenters. The predicted molar refractivity (Wildman–Crippen MR) is 61.4 cm³/mol. The molecular formula is C12H13N3. The Hall–Kier alpha value is -1.90. The zero-order valence-corrected chi connectivity index (χ0v) is 8.86. The van der Waals surface area contributed by atoms with E-state index in [9.17, 15) is 0 Å². The summed E-state index contributed by atoms with van der Waals surface area (Å²) in [7, 11) is 0. The minimum absolute atomic E-state index is 0.512. The first kappa shape index (κ1) is 9.65. The molecule has 0 radical (unpaired) electrons. The van der Waals surface area contributed by atoms with Crippen LogP contribution in [0.25, 0.3) is 11.3 Å². The highest BCUT2D eigenvalue weighted by Crippen LogP contribution is 2.18. The van der Waals surface area contributed by atoms with Crippen LogP contribution in [0.3, 0.4) is 0 Å².